The van der Waals surface area contributed by atoms with Gasteiger partial charge in [-0.2, -0.15) is 0 Å². The predicted molar refractivity (Wildman–Crippen MR) is 80.6 cm³/mol. The Morgan fingerprint density at radius 1 is 1.50 bits per heavy atom. The Hall–Kier alpha value is -1.59. The fraction of sp³-hybridized carbons (Fsp3) is 0.286. The average molecular weight is 309 g/mol. The Kier molecular flexibility index (Phi) is 3.40. The highest BCUT2D eigenvalue weighted by Crippen LogP contribution is 2.38. The minimum atomic E-state index is -1.03. The van der Waals surface area contributed by atoms with Gasteiger partial charge in [0.05, 0.1) is 0 Å². The second-order valence-electron chi connectivity index (χ2n) is 4.81. The minimum Gasteiger partial charge on any atom is -0.477 e. The molecule has 0 radical (unpaired) electrons. The summed E-state index contributed by atoms with van der Waals surface area (Å²) in [4.78, 5) is 17.4. The first-order valence-corrected chi connectivity index (χ1v) is 7.52. The lowest BCUT2D eigenvalue weighted by Crippen LogP contribution is -2.24. The van der Waals surface area contributed by atoms with Crippen LogP contribution in [0.1, 0.15) is 27.2 Å². The van der Waals surface area contributed by atoms with E-state index in [1.165, 1.54) is 11.1 Å². The molecule has 3 rings (SSSR count). The molecule has 2 heterocycles. The number of benzene rings is 1. The van der Waals surface area contributed by atoms with Crippen molar-refractivity contribution in [2.75, 3.05) is 11.4 Å². The smallest absolute Gasteiger partial charge is 0.349 e. The molecular formula is C14H13ClN2O2S. The lowest BCUT2D eigenvalue weighted by atomic mass is 10.0. The Bertz CT molecular complexity index is 684. The first-order chi connectivity index (χ1) is 9.56. The molecule has 4 nitrogen and oxygen atoms in total. The first kappa shape index (κ1) is 13.4. The number of rotatable bonds is 2. The molecule has 0 unspecified atom stereocenters. The minimum absolute atomic E-state index is 0.0664. The number of halogens is 1. The fourth-order valence-corrected chi connectivity index (χ4v) is 3.63. The number of hydrogen-bond acceptors (Lipinski definition) is 4. The molecule has 0 saturated carbocycles. The zero-order chi connectivity index (χ0) is 14.3. The average Bonchev–Trinajstić information content (AvgIpc) is 2.79. The topological polar surface area (TPSA) is 53.4 Å². The van der Waals surface area contributed by atoms with E-state index in [4.69, 9.17) is 16.7 Å². The van der Waals surface area contributed by atoms with E-state index in [0.717, 1.165) is 36.4 Å². The van der Waals surface area contributed by atoms with Crippen molar-refractivity contribution in [1.29, 1.82) is 0 Å². The van der Waals surface area contributed by atoms with Gasteiger partial charge in [0.1, 0.15) is 0 Å². The first-order valence-electron chi connectivity index (χ1n) is 6.33. The predicted octanol–water partition coefficient (Wildman–Crippen LogP) is 3.89. The molecule has 1 aromatic heterocycles. The number of nitrogens with zero attached hydrogens (tertiary/aromatic N) is 2. The normalized spacial score (nSPS) is 14.2. The van der Waals surface area contributed by atoms with Crippen LogP contribution in [-0.2, 0) is 6.42 Å². The van der Waals surface area contributed by atoms with Gasteiger partial charge in [0.2, 0.25) is 0 Å². The molecule has 1 N–H and O–H groups in total. The molecule has 0 atom stereocenters. The van der Waals surface area contributed by atoms with Crippen molar-refractivity contribution >= 4 is 39.7 Å². The number of fused-ring (bicyclic) bond motifs is 1. The van der Waals surface area contributed by atoms with Crippen LogP contribution < -0.4 is 4.90 Å². The SMILES string of the molecule is Cc1ccc2c(c1)CCCN2c1nc(Cl)c(C(=O)O)s1. The molecule has 0 aliphatic carbocycles. The van der Waals surface area contributed by atoms with Gasteiger partial charge in [-0.05, 0) is 31.4 Å². The summed E-state index contributed by atoms with van der Waals surface area (Å²) >= 11 is 7.03. The summed E-state index contributed by atoms with van der Waals surface area (Å²) in [5.74, 6) is -1.03. The fourth-order valence-electron chi connectivity index (χ4n) is 2.46. The quantitative estimate of drug-likeness (QED) is 0.914. The maximum absolute atomic E-state index is 11.1. The number of carboxylic acid groups (broad SMARTS) is 1. The molecule has 0 amide bonds. The van der Waals surface area contributed by atoms with Gasteiger partial charge < -0.3 is 10.0 Å². The third-order valence-electron chi connectivity index (χ3n) is 3.35. The molecule has 0 fully saturated rings. The van der Waals surface area contributed by atoms with Crippen molar-refractivity contribution in [1.82, 2.24) is 4.98 Å². The molecule has 1 aliphatic rings. The number of carboxylic acids is 1. The summed E-state index contributed by atoms with van der Waals surface area (Å²) in [6, 6.07) is 6.30. The molecule has 104 valence electrons. The maximum atomic E-state index is 11.1. The molecule has 0 spiro atoms. The summed E-state index contributed by atoms with van der Waals surface area (Å²) in [6.07, 6.45) is 2.06. The molecule has 0 saturated heterocycles. The number of aryl methyl sites for hydroxylation is 2. The Morgan fingerprint density at radius 3 is 3.00 bits per heavy atom. The van der Waals surface area contributed by atoms with Crippen molar-refractivity contribution in [2.45, 2.75) is 19.8 Å². The lowest BCUT2D eigenvalue weighted by Gasteiger charge is -2.29. The van der Waals surface area contributed by atoms with Crippen LogP contribution in [0.2, 0.25) is 5.15 Å². The summed E-state index contributed by atoms with van der Waals surface area (Å²) in [6.45, 7) is 2.90. The lowest BCUT2D eigenvalue weighted by molar-refractivity contribution is 0.0702. The van der Waals surface area contributed by atoms with Crippen molar-refractivity contribution in [3.05, 3.63) is 39.4 Å². The Balaban J connectivity index is 2.04. The number of aromatic carboxylic acids is 1. The van der Waals surface area contributed by atoms with Gasteiger partial charge in [-0.1, -0.05) is 40.6 Å². The van der Waals surface area contributed by atoms with Gasteiger partial charge in [-0.25, -0.2) is 9.78 Å². The Labute approximate surface area is 125 Å². The molecule has 20 heavy (non-hydrogen) atoms. The second-order valence-corrected chi connectivity index (χ2v) is 6.14. The van der Waals surface area contributed by atoms with Gasteiger partial charge in [0.15, 0.2) is 15.2 Å². The number of aromatic nitrogens is 1. The Morgan fingerprint density at radius 2 is 2.30 bits per heavy atom. The van der Waals surface area contributed by atoms with Gasteiger partial charge in [0.25, 0.3) is 0 Å². The van der Waals surface area contributed by atoms with Crippen LogP contribution in [-0.4, -0.2) is 22.6 Å². The van der Waals surface area contributed by atoms with Crippen LogP contribution >= 0.6 is 22.9 Å². The van der Waals surface area contributed by atoms with Gasteiger partial charge in [-0.15, -0.1) is 0 Å². The van der Waals surface area contributed by atoms with E-state index < -0.39 is 5.97 Å². The van der Waals surface area contributed by atoms with E-state index in [1.807, 2.05) is 0 Å². The molecule has 1 aliphatic heterocycles. The van der Waals surface area contributed by atoms with Gasteiger partial charge in [0, 0.05) is 12.2 Å². The standard InChI is InChI=1S/C14H13ClN2O2S/c1-8-4-5-10-9(7-8)3-2-6-17(10)14-16-12(15)11(20-14)13(18)19/h4-5,7H,2-3,6H2,1H3,(H,18,19). The van der Waals surface area contributed by atoms with E-state index in [-0.39, 0.29) is 10.0 Å². The van der Waals surface area contributed by atoms with Crippen LogP contribution in [0.25, 0.3) is 0 Å². The maximum Gasteiger partial charge on any atom is 0.349 e. The number of hydrogen-bond donors (Lipinski definition) is 1. The van der Waals surface area contributed by atoms with E-state index in [9.17, 15) is 4.79 Å². The van der Waals surface area contributed by atoms with Crippen LogP contribution in [0.4, 0.5) is 10.8 Å². The molecule has 0 bridgehead atoms. The summed E-state index contributed by atoms with van der Waals surface area (Å²) < 4.78 is 0. The highest BCUT2D eigenvalue weighted by Gasteiger charge is 2.24. The zero-order valence-electron chi connectivity index (χ0n) is 10.9. The number of carbonyl (C=O) groups is 1. The van der Waals surface area contributed by atoms with Crippen molar-refractivity contribution in [3.8, 4) is 0 Å². The highest BCUT2D eigenvalue weighted by molar-refractivity contribution is 7.18. The van der Waals surface area contributed by atoms with E-state index >= 15 is 0 Å². The number of thiazole rings is 1. The van der Waals surface area contributed by atoms with E-state index in [0.29, 0.717) is 5.13 Å². The van der Waals surface area contributed by atoms with Crippen LogP contribution in [0.3, 0.4) is 0 Å². The summed E-state index contributed by atoms with van der Waals surface area (Å²) in [5.41, 5.74) is 3.61. The third-order valence-corrected chi connectivity index (χ3v) is 4.81. The third kappa shape index (κ3) is 2.27. The van der Waals surface area contributed by atoms with Crippen LogP contribution in [0, 0.1) is 6.92 Å². The molecular weight excluding hydrogens is 296 g/mol. The van der Waals surface area contributed by atoms with Crippen LogP contribution in [0.5, 0.6) is 0 Å². The summed E-state index contributed by atoms with van der Waals surface area (Å²) in [7, 11) is 0. The van der Waals surface area contributed by atoms with Crippen LogP contribution in [0.15, 0.2) is 18.2 Å². The molecule has 1 aromatic carbocycles. The summed E-state index contributed by atoms with van der Waals surface area (Å²) in [5, 5.41) is 9.79. The van der Waals surface area contributed by atoms with Crippen molar-refractivity contribution in [2.24, 2.45) is 0 Å². The van der Waals surface area contributed by atoms with Gasteiger partial charge in [-0.3, -0.25) is 0 Å². The van der Waals surface area contributed by atoms with E-state index in [2.05, 4.69) is 35.0 Å². The molecule has 6 heteroatoms. The second kappa shape index (κ2) is 5.07. The van der Waals surface area contributed by atoms with Crippen molar-refractivity contribution in [3.63, 3.8) is 0 Å². The number of anilines is 2. The molecule has 2 aromatic rings. The van der Waals surface area contributed by atoms with Gasteiger partial charge >= 0.3 is 5.97 Å². The highest BCUT2D eigenvalue weighted by atomic mass is 35.5. The largest absolute Gasteiger partial charge is 0.477 e. The monoisotopic (exact) mass is 308 g/mol. The van der Waals surface area contributed by atoms with Crippen molar-refractivity contribution < 1.29 is 9.90 Å². The zero-order valence-corrected chi connectivity index (χ0v) is 12.5. The van der Waals surface area contributed by atoms with E-state index in [1.54, 1.807) is 0 Å².